The Bertz CT molecular complexity index is 1310. The van der Waals surface area contributed by atoms with Crippen LogP contribution in [0.25, 0.3) is 27.5 Å². The van der Waals surface area contributed by atoms with E-state index >= 15 is 0 Å². The molecular weight excluding hydrogens is 362 g/mol. The summed E-state index contributed by atoms with van der Waals surface area (Å²) in [5.41, 5.74) is 7.56. The molecule has 150 valence electrons. The van der Waals surface area contributed by atoms with E-state index in [-0.39, 0.29) is 5.41 Å². The molecule has 0 saturated heterocycles. The molecule has 7 rings (SSSR count). The van der Waals surface area contributed by atoms with Crippen LogP contribution in [-0.2, 0) is 5.41 Å². The van der Waals surface area contributed by atoms with Crippen LogP contribution in [0, 0.1) is 23.7 Å². The average Bonchev–Trinajstić information content (AvgIpc) is 3.09. The third-order valence-electron chi connectivity index (χ3n) is 8.88. The number of hydrogen-bond acceptors (Lipinski definition) is 0. The molecule has 1 aliphatic heterocycles. The molecular formula is C29H29N. The second-order valence-corrected chi connectivity index (χ2v) is 10.5. The normalized spacial score (nSPS) is 31.9. The van der Waals surface area contributed by atoms with E-state index in [0.717, 1.165) is 17.8 Å². The zero-order chi connectivity index (χ0) is 20.0. The van der Waals surface area contributed by atoms with E-state index in [1.165, 1.54) is 53.2 Å². The lowest BCUT2D eigenvalue weighted by Gasteiger charge is -2.57. The quantitative estimate of drug-likeness (QED) is 0.293. The molecule has 0 amide bonds. The smallest absolute Gasteiger partial charge is 0.0582 e. The largest absolute Gasteiger partial charge is 0.309 e. The van der Waals surface area contributed by atoms with Gasteiger partial charge in [-0.15, -0.1) is 0 Å². The van der Waals surface area contributed by atoms with Gasteiger partial charge in [-0.2, -0.15) is 0 Å². The number of benzene rings is 3. The van der Waals surface area contributed by atoms with Crippen LogP contribution in [0.4, 0.5) is 0 Å². The van der Waals surface area contributed by atoms with Crippen LogP contribution in [0.5, 0.6) is 0 Å². The third kappa shape index (κ3) is 1.90. The molecule has 5 atom stereocenters. The Morgan fingerprint density at radius 1 is 0.733 bits per heavy atom. The van der Waals surface area contributed by atoms with E-state index in [9.17, 15) is 0 Å². The first-order chi connectivity index (χ1) is 14.7. The van der Waals surface area contributed by atoms with Gasteiger partial charge in [0.15, 0.2) is 0 Å². The van der Waals surface area contributed by atoms with Gasteiger partial charge in [0.25, 0.3) is 0 Å². The van der Waals surface area contributed by atoms with Crippen LogP contribution < -0.4 is 0 Å². The Hall–Kier alpha value is -2.54. The second kappa shape index (κ2) is 5.78. The molecule has 2 bridgehead atoms. The van der Waals surface area contributed by atoms with Gasteiger partial charge >= 0.3 is 0 Å². The van der Waals surface area contributed by atoms with Gasteiger partial charge in [0, 0.05) is 16.2 Å². The number of aromatic nitrogens is 1. The fourth-order valence-corrected chi connectivity index (χ4v) is 8.14. The summed E-state index contributed by atoms with van der Waals surface area (Å²) in [4.78, 5) is 0. The molecule has 3 aliphatic rings. The van der Waals surface area contributed by atoms with Crippen LogP contribution in [0.15, 0.2) is 66.7 Å². The predicted molar refractivity (Wildman–Crippen MR) is 125 cm³/mol. The van der Waals surface area contributed by atoms with Crippen molar-refractivity contribution in [3.05, 3.63) is 77.9 Å². The summed E-state index contributed by atoms with van der Waals surface area (Å²) in [6.07, 6.45) is 5.57. The van der Waals surface area contributed by atoms with Gasteiger partial charge in [-0.3, -0.25) is 0 Å². The fourth-order valence-electron chi connectivity index (χ4n) is 8.14. The highest BCUT2D eigenvalue weighted by atomic mass is 15.0. The molecule has 2 aliphatic carbocycles. The molecule has 2 heterocycles. The van der Waals surface area contributed by atoms with Crippen molar-refractivity contribution in [2.75, 3.05) is 0 Å². The Labute approximate surface area is 178 Å². The summed E-state index contributed by atoms with van der Waals surface area (Å²) in [6, 6.07) is 25.5. The summed E-state index contributed by atoms with van der Waals surface area (Å²) >= 11 is 0. The highest BCUT2D eigenvalue weighted by molar-refractivity contribution is 6.11. The highest BCUT2D eigenvalue weighted by Crippen LogP contribution is 2.62. The minimum atomic E-state index is 0.145. The molecule has 4 aromatic rings. The van der Waals surface area contributed by atoms with E-state index in [1.807, 2.05) is 0 Å². The SMILES string of the molecule is CC1CC2CC(C)C3(c4ccccc4-n4c5ccccc5c5cccc3c54)C(C1)C2. The molecule has 0 radical (unpaired) electrons. The maximum absolute atomic E-state index is 2.58. The first-order valence-corrected chi connectivity index (χ1v) is 11.8. The minimum absolute atomic E-state index is 0.145. The number of fused-ring (bicyclic) bond motifs is 10. The topological polar surface area (TPSA) is 4.93 Å². The van der Waals surface area contributed by atoms with Gasteiger partial charge in [-0.1, -0.05) is 68.4 Å². The predicted octanol–water partition coefficient (Wildman–Crippen LogP) is 7.48. The Morgan fingerprint density at radius 2 is 1.50 bits per heavy atom. The Morgan fingerprint density at radius 3 is 2.43 bits per heavy atom. The molecule has 2 saturated carbocycles. The highest BCUT2D eigenvalue weighted by Gasteiger charge is 2.55. The summed E-state index contributed by atoms with van der Waals surface area (Å²) in [6.45, 7) is 5.05. The molecule has 0 N–H and O–H groups in total. The summed E-state index contributed by atoms with van der Waals surface area (Å²) in [5.74, 6) is 3.18. The number of nitrogens with zero attached hydrogens (tertiary/aromatic N) is 1. The van der Waals surface area contributed by atoms with Crippen molar-refractivity contribution in [2.24, 2.45) is 23.7 Å². The maximum atomic E-state index is 2.58. The first kappa shape index (κ1) is 17.2. The van der Waals surface area contributed by atoms with Crippen molar-refractivity contribution < 1.29 is 0 Å². The van der Waals surface area contributed by atoms with Crippen LogP contribution in [0.1, 0.15) is 50.7 Å². The summed E-state index contributed by atoms with van der Waals surface area (Å²) in [7, 11) is 0. The first-order valence-electron chi connectivity index (χ1n) is 11.8. The van der Waals surface area contributed by atoms with Crippen molar-refractivity contribution in [1.82, 2.24) is 4.57 Å². The molecule has 1 nitrogen and oxygen atoms in total. The van der Waals surface area contributed by atoms with Gasteiger partial charge in [0.1, 0.15) is 0 Å². The van der Waals surface area contributed by atoms with Crippen molar-refractivity contribution in [2.45, 2.75) is 44.9 Å². The monoisotopic (exact) mass is 391 g/mol. The lowest BCUT2D eigenvalue weighted by Crippen LogP contribution is -2.51. The van der Waals surface area contributed by atoms with Crippen LogP contribution in [0.2, 0.25) is 0 Å². The van der Waals surface area contributed by atoms with Gasteiger partial charge in [-0.05, 0) is 72.6 Å². The Kier molecular flexibility index (Phi) is 3.31. The van der Waals surface area contributed by atoms with Crippen LogP contribution in [0.3, 0.4) is 0 Å². The van der Waals surface area contributed by atoms with Crippen molar-refractivity contribution in [3.8, 4) is 5.69 Å². The molecule has 30 heavy (non-hydrogen) atoms. The third-order valence-corrected chi connectivity index (χ3v) is 8.88. The molecule has 1 heteroatoms. The average molecular weight is 392 g/mol. The minimum Gasteiger partial charge on any atom is -0.309 e. The molecule has 1 aromatic heterocycles. The standard InChI is InChI=1S/C29H29N/c1-18-14-20-16-19(2)29(21(15-18)17-20)24-10-4-6-13-27(24)30-26-12-5-3-8-22(26)23-9-7-11-25(29)28(23)30/h3-13,18-21H,14-17H2,1-2H3. The van der Waals surface area contributed by atoms with Gasteiger partial charge < -0.3 is 4.57 Å². The maximum Gasteiger partial charge on any atom is 0.0582 e. The number of rotatable bonds is 0. The van der Waals surface area contributed by atoms with Gasteiger partial charge in [0.05, 0.1) is 16.7 Å². The summed E-state index contributed by atoms with van der Waals surface area (Å²) in [5, 5.41) is 2.81. The zero-order valence-corrected chi connectivity index (χ0v) is 17.9. The number of hydrogen-bond donors (Lipinski definition) is 0. The van der Waals surface area contributed by atoms with Gasteiger partial charge in [-0.25, -0.2) is 0 Å². The van der Waals surface area contributed by atoms with E-state index in [1.54, 1.807) is 11.1 Å². The van der Waals surface area contributed by atoms with Crippen molar-refractivity contribution in [1.29, 1.82) is 0 Å². The second-order valence-electron chi connectivity index (χ2n) is 10.5. The molecule has 5 unspecified atom stereocenters. The summed E-state index contributed by atoms with van der Waals surface area (Å²) < 4.78 is 2.58. The zero-order valence-electron chi connectivity index (χ0n) is 17.9. The molecule has 1 spiro atoms. The lowest BCUT2D eigenvalue weighted by molar-refractivity contribution is 0.0401. The van der Waals surface area contributed by atoms with Crippen LogP contribution >= 0.6 is 0 Å². The van der Waals surface area contributed by atoms with E-state index in [4.69, 9.17) is 0 Å². The van der Waals surface area contributed by atoms with E-state index in [2.05, 4.69) is 85.1 Å². The fraction of sp³-hybridized carbons (Fsp3) is 0.379. The molecule has 2 fully saturated rings. The van der Waals surface area contributed by atoms with E-state index < -0.39 is 0 Å². The van der Waals surface area contributed by atoms with Crippen LogP contribution in [-0.4, -0.2) is 4.57 Å². The van der Waals surface area contributed by atoms with Crippen molar-refractivity contribution in [3.63, 3.8) is 0 Å². The van der Waals surface area contributed by atoms with Crippen molar-refractivity contribution >= 4 is 21.8 Å². The van der Waals surface area contributed by atoms with Gasteiger partial charge in [0.2, 0.25) is 0 Å². The lowest BCUT2D eigenvalue weighted by atomic mass is 9.47. The Balaban J connectivity index is 1.68. The van der Waals surface area contributed by atoms with E-state index in [0.29, 0.717) is 5.92 Å². The number of para-hydroxylation sites is 3. The molecule has 3 aromatic carbocycles.